The van der Waals surface area contributed by atoms with E-state index in [1.807, 2.05) is 0 Å². The minimum Gasteiger partial charge on any atom is -0.317 e. The largest absolute Gasteiger partial charge is 0.321 e. The van der Waals surface area contributed by atoms with Crippen LogP contribution < -0.4 is 5.73 Å². The Morgan fingerprint density at radius 3 is 2.12 bits per heavy atom. The molecule has 1 aliphatic rings. The summed E-state index contributed by atoms with van der Waals surface area (Å²) in [6, 6.07) is -1.36. The Morgan fingerprint density at radius 2 is 2.12 bits per heavy atom. The predicted molar refractivity (Wildman–Crippen MR) is 26.9 cm³/mol. The van der Waals surface area contributed by atoms with Crippen molar-refractivity contribution < 1.29 is 9.18 Å². The Bertz CT molecular complexity index is 120. The molecule has 0 aromatic heterocycles. The third-order valence-corrected chi connectivity index (χ3v) is 1.64. The number of hydrogen-bond acceptors (Lipinski definition) is 2. The molecule has 0 aromatic carbocycles. The molecule has 0 aliphatic heterocycles. The average molecular weight is 117 g/mol. The van der Waals surface area contributed by atoms with Gasteiger partial charge in [-0.1, -0.05) is 0 Å². The highest BCUT2D eigenvalue weighted by atomic mass is 19.1. The molecule has 0 spiro atoms. The van der Waals surface area contributed by atoms with E-state index in [4.69, 9.17) is 5.73 Å². The molecule has 1 saturated carbocycles. The lowest BCUT2D eigenvalue weighted by Gasteiger charge is -2.32. The van der Waals surface area contributed by atoms with Gasteiger partial charge in [0.2, 0.25) is 0 Å². The smallest absolute Gasteiger partial charge is 0.317 e. The number of carbonyl (C=O) groups is 1. The Morgan fingerprint density at radius 1 is 1.62 bits per heavy atom. The van der Waals surface area contributed by atoms with Crippen LogP contribution in [-0.2, 0) is 4.79 Å². The zero-order valence-corrected chi connectivity index (χ0v) is 4.48. The first-order chi connectivity index (χ1) is 3.65. The van der Waals surface area contributed by atoms with Crippen molar-refractivity contribution in [3.8, 4) is 0 Å². The van der Waals surface area contributed by atoms with E-state index in [2.05, 4.69) is 0 Å². The van der Waals surface area contributed by atoms with E-state index in [1.54, 1.807) is 0 Å². The second-order valence-corrected chi connectivity index (χ2v) is 2.28. The molecule has 2 N–H and O–H groups in total. The van der Waals surface area contributed by atoms with Crippen LogP contribution in [0.2, 0.25) is 0 Å². The molecule has 0 bridgehead atoms. The van der Waals surface area contributed by atoms with Gasteiger partial charge < -0.3 is 5.73 Å². The Kier molecular flexibility index (Phi) is 1.08. The lowest BCUT2D eigenvalue weighted by Crippen LogP contribution is -2.51. The predicted octanol–water partition coefficient (Wildman–Crippen LogP) is 0.364. The highest BCUT2D eigenvalue weighted by Gasteiger charge is 2.40. The number of nitrogens with two attached hydrogens (primary N) is 1. The van der Waals surface area contributed by atoms with Gasteiger partial charge in [0.1, 0.15) is 5.54 Å². The van der Waals surface area contributed by atoms with Gasteiger partial charge in [-0.25, -0.2) is 0 Å². The van der Waals surface area contributed by atoms with Crippen molar-refractivity contribution in [2.75, 3.05) is 0 Å². The summed E-state index contributed by atoms with van der Waals surface area (Å²) >= 11 is 0. The minimum atomic E-state index is -1.36. The van der Waals surface area contributed by atoms with Crippen molar-refractivity contribution in [3.63, 3.8) is 0 Å². The van der Waals surface area contributed by atoms with Crippen LogP contribution in [0.1, 0.15) is 19.3 Å². The molecule has 1 fully saturated rings. The Hall–Kier alpha value is -0.440. The zero-order chi connectivity index (χ0) is 6.20. The lowest BCUT2D eigenvalue weighted by atomic mass is 9.78. The summed E-state index contributed by atoms with van der Waals surface area (Å²) in [6.45, 7) is 0. The fourth-order valence-corrected chi connectivity index (χ4v) is 0.754. The average Bonchev–Trinajstić information content (AvgIpc) is 1.60. The molecule has 1 aliphatic carbocycles. The normalized spacial score (nSPS) is 24.2. The van der Waals surface area contributed by atoms with Gasteiger partial charge in [0.05, 0.1) is 0 Å². The number of carbonyl (C=O) groups excluding carboxylic acids is 1. The van der Waals surface area contributed by atoms with Gasteiger partial charge in [0, 0.05) is 0 Å². The summed E-state index contributed by atoms with van der Waals surface area (Å²) in [4.78, 5) is 9.96. The van der Waals surface area contributed by atoms with Crippen LogP contribution in [0.4, 0.5) is 4.39 Å². The van der Waals surface area contributed by atoms with E-state index in [1.165, 1.54) is 0 Å². The summed E-state index contributed by atoms with van der Waals surface area (Å²) in [5.41, 5.74) is 4.14. The summed E-state index contributed by atoms with van der Waals surface area (Å²) < 4.78 is 11.8. The monoisotopic (exact) mass is 117 g/mol. The quantitative estimate of drug-likeness (QED) is 0.504. The van der Waals surface area contributed by atoms with Crippen LogP contribution in [0.25, 0.3) is 0 Å². The highest BCUT2D eigenvalue weighted by Crippen LogP contribution is 2.29. The molecule has 0 heterocycles. The summed E-state index contributed by atoms with van der Waals surface area (Å²) in [7, 11) is 0. The van der Waals surface area contributed by atoms with Gasteiger partial charge in [-0.05, 0) is 19.3 Å². The standard InChI is InChI=1S/C5H8FNO/c6-4(8)5(7)2-1-3-5/h1-3,7H2. The molecule has 46 valence electrons. The summed E-state index contributed by atoms with van der Waals surface area (Å²) in [6.07, 6.45) is 1.91. The van der Waals surface area contributed by atoms with E-state index in [0.29, 0.717) is 12.8 Å². The van der Waals surface area contributed by atoms with Crippen molar-refractivity contribution in [1.29, 1.82) is 0 Å². The number of hydrogen-bond donors (Lipinski definition) is 1. The van der Waals surface area contributed by atoms with Gasteiger partial charge >= 0.3 is 6.04 Å². The summed E-state index contributed by atoms with van der Waals surface area (Å²) in [5.74, 6) is 0. The van der Waals surface area contributed by atoms with E-state index in [9.17, 15) is 9.18 Å². The first-order valence-electron chi connectivity index (χ1n) is 2.64. The van der Waals surface area contributed by atoms with E-state index >= 15 is 0 Å². The van der Waals surface area contributed by atoms with Crippen molar-refractivity contribution in [2.45, 2.75) is 24.8 Å². The van der Waals surface area contributed by atoms with Gasteiger partial charge in [0.25, 0.3) is 0 Å². The SMILES string of the molecule is NC1(C(=O)F)CCC1. The van der Waals surface area contributed by atoms with Gasteiger partial charge in [-0.2, -0.15) is 4.39 Å². The Balaban J connectivity index is 2.53. The molecular formula is C5H8FNO. The first kappa shape index (κ1) is 5.69. The lowest BCUT2D eigenvalue weighted by molar-refractivity contribution is -0.138. The van der Waals surface area contributed by atoms with Crippen LogP contribution in [-0.4, -0.2) is 11.6 Å². The zero-order valence-electron chi connectivity index (χ0n) is 4.48. The van der Waals surface area contributed by atoms with E-state index in [0.717, 1.165) is 6.42 Å². The van der Waals surface area contributed by atoms with Crippen LogP contribution >= 0.6 is 0 Å². The van der Waals surface area contributed by atoms with Gasteiger partial charge in [-0.3, -0.25) is 4.79 Å². The molecule has 0 radical (unpaired) electrons. The second-order valence-electron chi connectivity index (χ2n) is 2.28. The topological polar surface area (TPSA) is 43.1 Å². The molecule has 0 unspecified atom stereocenters. The maximum absolute atomic E-state index is 11.8. The summed E-state index contributed by atoms with van der Waals surface area (Å²) in [5, 5.41) is 0. The van der Waals surface area contributed by atoms with Crippen LogP contribution in [0.3, 0.4) is 0 Å². The molecule has 0 saturated heterocycles. The number of halogens is 1. The number of rotatable bonds is 1. The molecule has 3 heteroatoms. The van der Waals surface area contributed by atoms with E-state index in [-0.39, 0.29) is 0 Å². The van der Waals surface area contributed by atoms with Crippen molar-refractivity contribution >= 4 is 6.04 Å². The third-order valence-electron chi connectivity index (χ3n) is 1.64. The third kappa shape index (κ3) is 0.629. The molecule has 0 amide bonds. The molecule has 0 atom stereocenters. The van der Waals surface area contributed by atoms with Gasteiger partial charge in [0.15, 0.2) is 0 Å². The van der Waals surface area contributed by atoms with Crippen molar-refractivity contribution in [3.05, 3.63) is 0 Å². The second kappa shape index (κ2) is 1.52. The van der Waals surface area contributed by atoms with Crippen LogP contribution in [0.15, 0.2) is 0 Å². The van der Waals surface area contributed by atoms with Crippen molar-refractivity contribution in [1.82, 2.24) is 0 Å². The molecule has 8 heavy (non-hydrogen) atoms. The first-order valence-corrected chi connectivity index (χ1v) is 2.64. The highest BCUT2D eigenvalue weighted by molar-refractivity contribution is 5.80. The molecule has 2 nitrogen and oxygen atoms in total. The maximum atomic E-state index is 11.8. The molecule has 1 rings (SSSR count). The molecular weight excluding hydrogens is 109 g/mol. The fraction of sp³-hybridized carbons (Fsp3) is 0.800. The van der Waals surface area contributed by atoms with Crippen LogP contribution in [0, 0.1) is 0 Å². The van der Waals surface area contributed by atoms with Crippen LogP contribution in [0.5, 0.6) is 0 Å². The molecule has 0 aromatic rings. The van der Waals surface area contributed by atoms with E-state index < -0.39 is 11.6 Å². The van der Waals surface area contributed by atoms with Gasteiger partial charge in [-0.15, -0.1) is 0 Å². The minimum absolute atomic E-state index is 0.516. The maximum Gasteiger partial charge on any atom is 0.321 e. The van der Waals surface area contributed by atoms with Crippen molar-refractivity contribution in [2.24, 2.45) is 5.73 Å². The Labute approximate surface area is 46.9 Å². The fourth-order valence-electron chi connectivity index (χ4n) is 0.754.